The number of esters is 1. The number of hydrogen-bond acceptors (Lipinski definition) is 4. The Kier molecular flexibility index (Phi) is 6.95. The molecular weight excluding hydrogens is 408 g/mol. The summed E-state index contributed by atoms with van der Waals surface area (Å²) in [6.07, 6.45) is 0.303. The molecule has 0 fully saturated rings. The normalized spacial score (nSPS) is 10.8. The van der Waals surface area contributed by atoms with E-state index in [0.29, 0.717) is 22.4 Å². The maximum absolute atomic E-state index is 14.2. The maximum Gasteiger partial charge on any atom is 0.348 e. The average molecular weight is 429 g/mol. The summed E-state index contributed by atoms with van der Waals surface area (Å²) in [5, 5.41) is 2.69. The molecule has 2 aromatic carbocycles. The molecule has 1 heterocycles. The highest BCUT2D eigenvalue weighted by Crippen LogP contribution is 2.23. The number of carbonyl (C=O) groups is 2. The molecule has 1 N–H and O–H groups in total. The topological polar surface area (TPSA) is 55.4 Å². The van der Waals surface area contributed by atoms with Crippen LogP contribution in [0.2, 0.25) is 0 Å². The second-order valence-corrected chi connectivity index (χ2v) is 8.10. The summed E-state index contributed by atoms with van der Waals surface area (Å²) in [7, 11) is 0. The van der Waals surface area contributed by atoms with E-state index in [1.165, 1.54) is 41.7 Å². The zero-order valence-electron chi connectivity index (χ0n) is 16.6. The van der Waals surface area contributed by atoms with E-state index in [0.717, 1.165) is 4.88 Å². The number of thiophene rings is 1. The van der Waals surface area contributed by atoms with E-state index >= 15 is 0 Å². The van der Waals surface area contributed by atoms with Crippen LogP contribution in [-0.4, -0.2) is 24.5 Å². The van der Waals surface area contributed by atoms with Gasteiger partial charge in [-0.3, -0.25) is 4.79 Å². The Labute approximate surface area is 177 Å². The van der Waals surface area contributed by atoms with Gasteiger partial charge in [-0.15, -0.1) is 11.3 Å². The maximum atomic E-state index is 14.2. The molecule has 0 bridgehead atoms. The third-order valence-electron chi connectivity index (χ3n) is 4.23. The lowest BCUT2D eigenvalue weighted by Gasteiger charge is -2.08. The molecule has 1 amide bonds. The van der Waals surface area contributed by atoms with Crippen molar-refractivity contribution in [3.8, 4) is 11.1 Å². The summed E-state index contributed by atoms with van der Waals surface area (Å²) < 4.78 is 32.8. The SMILES string of the molecule is CC(C)OC(=O)c1ccc(CCNC(=O)c2cc(-c3cccc(F)c3)ccc2F)s1. The van der Waals surface area contributed by atoms with Gasteiger partial charge in [0.1, 0.15) is 16.5 Å². The van der Waals surface area contributed by atoms with Gasteiger partial charge in [0.15, 0.2) is 0 Å². The van der Waals surface area contributed by atoms with Gasteiger partial charge in [-0.1, -0.05) is 18.2 Å². The molecular formula is C23H21F2NO3S. The van der Waals surface area contributed by atoms with E-state index in [2.05, 4.69) is 5.32 Å². The molecule has 0 aliphatic rings. The first-order chi connectivity index (χ1) is 14.3. The van der Waals surface area contributed by atoms with Crippen molar-refractivity contribution in [1.82, 2.24) is 5.32 Å². The van der Waals surface area contributed by atoms with E-state index in [1.54, 1.807) is 38.1 Å². The number of rotatable bonds is 7. The Balaban J connectivity index is 1.62. The summed E-state index contributed by atoms with van der Waals surface area (Å²) in [5.74, 6) is -1.99. The first kappa shape index (κ1) is 21.6. The van der Waals surface area contributed by atoms with Crippen LogP contribution in [-0.2, 0) is 11.2 Å². The monoisotopic (exact) mass is 429 g/mol. The Morgan fingerprint density at radius 3 is 2.53 bits per heavy atom. The van der Waals surface area contributed by atoms with Gasteiger partial charge in [-0.25, -0.2) is 13.6 Å². The Hall–Kier alpha value is -3.06. The second kappa shape index (κ2) is 9.63. The molecule has 3 rings (SSSR count). The number of amides is 1. The minimum Gasteiger partial charge on any atom is -0.459 e. The quantitative estimate of drug-likeness (QED) is 0.523. The first-order valence-electron chi connectivity index (χ1n) is 9.47. The van der Waals surface area contributed by atoms with E-state index < -0.39 is 17.5 Å². The van der Waals surface area contributed by atoms with Gasteiger partial charge in [0.25, 0.3) is 5.91 Å². The first-order valence-corrected chi connectivity index (χ1v) is 10.3. The Morgan fingerprint density at radius 2 is 1.80 bits per heavy atom. The van der Waals surface area contributed by atoms with Crippen LogP contribution in [0.15, 0.2) is 54.6 Å². The molecule has 3 aromatic rings. The molecule has 30 heavy (non-hydrogen) atoms. The third-order valence-corrected chi connectivity index (χ3v) is 5.36. The summed E-state index contributed by atoms with van der Waals surface area (Å²) in [5.41, 5.74) is 1.00. The van der Waals surface area contributed by atoms with Crippen LogP contribution in [0.4, 0.5) is 8.78 Å². The van der Waals surface area contributed by atoms with Crippen LogP contribution >= 0.6 is 11.3 Å². The van der Waals surface area contributed by atoms with Crippen molar-refractivity contribution in [2.45, 2.75) is 26.4 Å². The lowest BCUT2D eigenvalue weighted by atomic mass is 10.0. The van der Waals surface area contributed by atoms with E-state index in [4.69, 9.17) is 4.74 Å². The van der Waals surface area contributed by atoms with Crippen molar-refractivity contribution in [3.05, 3.63) is 81.5 Å². The Morgan fingerprint density at radius 1 is 1.03 bits per heavy atom. The fourth-order valence-electron chi connectivity index (χ4n) is 2.84. The van der Waals surface area contributed by atoms with Crippen molar-refractivity contribution in [1.29, 1.82) is 0 Å². The lowest BCUT2D eigenvalue weighted by molar-refractivity contribution is 0.0383. The highest BCUT2D eigenvalue weighted by atomic mass is 32.1. The summed E-state index contributed by atoms with van der Waals surface area (Å²) >= 11 is 1.30. The molecule has 1 aromatic heterocycles. The van der Waals surface area contributed by atoms with Crippen molar-refractivity contribution >= 4 is 23.2 Å². The smallest absolute Gasteiger partial charge is 0.348 e. The second-order valence-electron chi connectivity index (χ2n) is 6.93. The van der Waals surface area contributed by atoms with Crippen LogP contribution in [0.1, 0.15) is 38.8 Å². The lowest BCUT2D eigenvalue weighted by Crippen LogP contribution is -2.26. The van der Waals surface area contributed by atoms with Crippen molar-refractivity contribution < 1.29 is 23.1 Å². The zero-order chi connectivity index (χ0) is 21.7. The molecule has 0 spiro atoms. The minimum absolute atomic E-state index is 0.107. The zero-order valence-corrected chi connectivity index (χ0v) is 17.4. The molecule has 0 saturated heterocycles. The largest absolute Gasteiger partial charge is 0.459 e. The highest BCUT2D eigenvalue weighted by Gasteiger charge is 2.15. The summed E-state index contributed by atoms with van der Waals surface area (Å²) in [6.45, 7) is 3.84. The fraction of sp³-hybridized carbons (Fsp3) is 0.217. The standard InChI is InChI=1S/C23H21F2NO3S/c1-14(2)29-23(28)21-9-7-18(30-21)10-11-26-22(27)19-13-16(6-8-20(19)25)15-4-3-5-17(24)12-15/h3-9,12-14H,10-11H2,1-2H3,(H,26,27). The molecule has 0 unspecified atom stereocenters. The van der Waals surface area contributed by atoms with Crippen LogP contribution < -0.4 is 5.32 Å². The molecule has 0 atom stereocenters. The van der Waals surface area contributed by atoms with E-state index in [9.17, 15) is 18.4 Å². The average Bonchev–Trinajstić information content (AvgIpc) is 3.17. The van der Waals surface area contributed by atoms with Gasteiger partial charge in [-0.2, -0.15) is 0 Å². The number of carbonyl (C=O) groups excluding carboxylic acids is 2. The summed E-state index contributed by atoms with van der Waals surface area (Å²) in [6, 6.07) is 13.5. The van der Waals surface area contributed by atoms with Gasteiger partial charge in [0.05, 0.1) is 11.7 Å². The molecule has 0 saturated carbocycles. The number of nitrogens with one attached hydrogen (secondary N) is 1. The van der Waals surface area contributed by atoms with Crippen molar-refractivity contribution in [2.24, 2.45) is 0 Å². The van der Waals surface area contributed by atoms with Crippen molar-refractivity contribution in [2.75, 3.05) is 6.54 Å². The van der Waals surface area contributed by atoms with Gasteiger partial charge in [0.2, 0.25) is 0 Å². The predicted octanol–water partition coefficient (Wildman–Crippen LogP) is 5.23. The van der Waals surface area contributed by atoms with E-state index in [-0.39, 0.29) is 24.2 Å². The van der Waals surface area contributed by atoms with Crippen LogP contribution in [0.25, 0.3) is 11.1 Å². The van der Waals surface area contributed by atoms with Gasteiger partial charge in [-0.05, 0) is 67.8 Å². The summed E-state index contributed by atoms with van der Waals surface area (Å²) in [4.78, 5) is 25.7. The number of hydrogen-bond donors (Lipinski definition) is 1. The molecule has 0 aliphatic carbocycles. The van der Waals surface area contributed by atoms with Crippen molar-refractivity contribution in [3.63, 3.8) is 0 Å². The molecule has 156 valence electrons. The fourth-order valence-corrected chi connectivity index (χ4v) is 3.73. The molecule has 0 radical (unpaired) electrons. The molecule has 4 nitrogen and oxygen atoms in total. The van der Waals surface area contributed by atoms with Gasteiger partial charge >= 0.3 is 5.97 Å². The van der Waals surface area contributed by atoms with Crippen LogP contribution in [0.3, 0.4) is 0 Å². The number of halogens is 2. The van der Waals surface area contributed by atoms with Gasteiger partial charge < -0.3 is 10.1 Å². The number of benzene rings is 2. The molecule has 7 heteroatoms. The van der Waals surface area contributed by atoms with E-state index in [1.807, 2.05) is 0 Å². The predicted molar refractivity (Wildman–Crippen MR) is 113 cm³/mol. The van der Waals surface area contributed by atoms with Crippen LogP contribution in [0, 0.1) is 11.6 Å². The highest BCUT2D eigenvalue weighted by molar-refractivity contribution is 7.13. The minimum atomic E-state index is -0.650. The number of ether oxygens (including phenoxy) is 1. The Bertz CT molecular complexity index is 1060. The van der Waals surface area contributed by atoms with Crippen LogP contribution in [0.5, 0.6) is 0 Å². The van der Waals surface area contributed by atoms with Gasteiger partial charge in [0, 0.05) is 11.4 Å². The molecule has 0 aliphatic heterocycles. The third kappa shape index (κ3) is 5.51.